The average molecular weight is 314 g/mol. The highest BCUT2D eigenvalue weighted by Crippen LogP contribution is 2.26. The summed E-state index contributed by atoms with van der Waals surface area (Å²) in [6.07, 6.45) is 3.61. The molecule has 1 aromatic carbocycles. The third kappa shape index (κ3) is 2.71. The van der Waals surface area contributed by atoms with E-state index in [2.05, 4.69) is 20.7 Å². The Morgan fingerprint density at radius 2 is 2.18 bits per heavy atom. The molecular weight excluding hydrogens is 296 g/mol. The van der Waals surface area contributed by atoms with Gasteiger partial charge >= 0.3 is 5.69 Å². The quantitative estimate of drug-likeness (QED) is 0.695. The van der Waals surface area contributed by atoms with Crippen LogP contribution in [0.2, 0.25) is 0 Å². The summed E-state index contributed by atoms with van der Waals surface area (Å²) in [6, 6.07) is 5.91. The fourth-order valence-electron chi connectivity index (χ4n) is 3.07. The number of nitrogens with zero attached hydrogens (tertiary/aromatic N) is 1. The number of thiazole rings is 1. The predicted molar refractivity (Wildman–Crippen MR) is 89.3 cm³/mol. The molecule has 1 aliphatic heterocycles. The Morgan fingerprint density at radius 3 is 3.05 bits per heavy atom. The van der Waals surface area contributed by atoms with Crippen LogP contribution in [0.5, 0.6) is 0 Å². The third-order valence-electron chi connectivity index (χ3n) is 4.23. The summed E-state index contributed by atoms with van der Waals surface area (Å²) in [4.78, 5) is 21.7. The van der Waals surface area contributed by atoms with Crippen molar-refractivity contribution in [3.8, 4) is 11.3 Å². The molecule has 3 heterocycles. The molecule has 0 radical (unpaired) electrons. The van der Waals surface area contributed by atoms with Gasteiger partial charge in [0.1, 0.15) is 0 Å². The van der Waals surface area contributed by atoms with E-state index in [9.17, 15) is 4.79 Å². The Balaban J connectivity index is 1.57. The molecule has 1 fully saturated rings. The van der Waals surface area contributed by atoms with Crippen molar-refractivity contribution in [3.63, 3.8) is 0 Å². The summed E-state index contributed by atoms with van der Waals surface area (Å²) in [6.45, 7) is 2.25. The molecule has 22 heavy (non-hydrogen) atoms. The number of nitrogens with one attached hydrogen (secondary N) is 3. The first-order chi connectivity index (χ1) is 10.8. The van der Waals surface area contributed by atoms with Gasteiger partial charge in [-0.05, 0) is 44.0 Å². The molecule has 2 aromatic heterocycles. The summed E-state index contributed by atoms with van der Waals surface area (Å²) in [7, 11) is 0. The molecule has 1 atom stereocenters. The Hall–Kier alpha value is -1.92. The van der Waals surface area contributed by atoms with Gasteiger partial charge in [0.15, 0.2) is 0 Å². The second kappa shape index (κ2) is 5.70. The number of hydrogen-bond acceptors (Lipinski definition) is 4. The van der Waals surface area contributed by atoms with Crippen molar-refractivity contribution in [1.29, 1.82) is 0 Å². The number of H-pyrrole nitrogens is 2. The van der Waals surface area contributed by atoms with Gasteiger partial charge in [0.05, 0.1) is 21.7 Å². The zero-order chi connectivity index (χ0) is 14.9. The lowest BCUT2D eigenvalue weighted by atomic mass is 9.97. The Labute approximate surface area is 131 Å². The zero-order valence-electron chi connectivity index (χ0n) is 12.2. The molecule has 0 saturated carbocycles. The minimum Gasteiger partial charge on any atom is -0.316 e. The van der Waals surface area contributed by atoms with Crippen LogP contribution in [0, 0.1) is 5.92 Å². The normalized spacial score (nSPS) is 18.8. The van der Waals surface area contributed by atoms with E-state index >= 15 is 0 Å². The first-order valence-corrected chi connectivity index (χ1v) is 8.53. The zero-order valence-corrected chi connectivity index (χ0v) is 13.0. The van der Waals surface area contributed by atoms with E-state index in [1.807, 2.05) is 18.2 Å². The van der Waals surface area contributed by atoms with Crippen molar-refractivity contribution < 1.29 is 0 Å². The standard InChI is InChI=1S/C16H18N4OS/c21-16-19-12-4-3-11(7-13(12)20-16)14-9-22-15(18-14)6-10-2-1-5-17-8-10/h3-4,7,9-10,17H,1-2,5-6,8H2,(H2,19,20,21). The molecule has 114 valence electrons. The van der Waals surface area contributed by atoms with Crippen LogP contribution in [0.1, 0.15) is 17.8 Å². The fourth-order valence-corrected chi connectivity index (χ4v) is 3.99. The van der Waals surface area contributed by atoms with E-state index in [-0.39, 0.29) is 5.69 Å². The van der Waals surface area contributed by atoms with Gasteiger partial charge < -0.3 is 15.3 Å². The molecule has 1 aliphatic rings. The molecule has 0 bridgehead atoms. The van der Waals surface area contributed by atoms with Gasteiger partial charge in [-0.3, -0.25) is 0 Å². The number of imidazole rings is 1. The molecule has 6 heteroatoms. The minimum atomic E-state index is -0.170. The van der Waals surface area contributed by atoms with Crippen LogP contribution >= 0.6 is 11.3 Å². The van der Waals surface area contributed by atoms with E-state index in [0.717, 1.165) is 41.8 Å². The number of rotatable bonds is 3. The number of aromatic nitrogens is 3. The summed E-state index contributed by atoms with van der Waals surface area (Å²) in [5.74, 6) is 0.705. The van der Waals surface area contributed by atoms with Gasteiger partial charge in [-0.1, -0.05) is 6.07 Å². The first kappa shape index (κ1) is 13.7. The summed E-state index contributed by atoms with van der Waals surface area (Å²) < 4.78 is 0. The van der Waals surface area contributed by atoms with Crippen molar-refractivity contribution >= 4 is 22.4 Å². The molecule has 0 aliphatic carbocycles. The summed E-state index contributed by atoms with van der Waals surface area (Å²) in [5.41, 5.74) is 3.53. The monoisotopic (exact) mass is 314 g/mol. The van der Waals surface area contributed by atoms with Crippen LogP contribution in [0.4, 0.5) is 0 Å². The average Bonchev–Trinajstić information content (AvgIpc) is 3.13. The van der Waals surface area contributed by atoms with Crippen LogP contribution in [0.25, 0.3) is 22.3 Å². The van der Waals surface area contributed by atoms with Gasteiger partial charge in [0.25, 0.3) is 0 Å². The maximum Gasteiger partial charge on any atom is 0.323 e. The van der Waals surface area contributed by atoms with Gasteiger partial charge in [-0.2, -0.15) is 0 Å². The molecule has 3 N–H and O–H groups in total. The van der Waals surface area contributed by atoms with Gasteiger partial charge in [-0.15, -0.1) is 11.3 Å². The first-order valence-electron chi connectivity index (χ1n) is 7.65. The lowest BCUT2D eigenvalue weighted by Gasteiger charge is -2.21. The largest absolute Gasteiger partial charge is 0.323 e. The molecule has 1 unspecified atom stereocenters. The van der Waals surface area contributed by atoms with Crippen LogP contribution in [0.3, 0.4) is 0 Å². The van der Waals surface area contributed by atoms with Crippen LogP contribution in [0.15, 0.2) is 28.4 Å². The van der Waals surface area contributed by atoms with E-state index < -0.39 is 0 Å². The van der Waals surface area contributed by atoms with Crippen LogP contribution in [-0.4, -0.2) is 28.0 Å². The van der Waals surface area contributed by atoms with Crippen molar-refractivity contribution in [2.45, 2.75) is 19.3 Å². The topological polar surface area (TPSA) is 73.6 Å². The molecule has 4 rings (SSSR count). The minimum absolute atomic E-state index is 0.170. The van der Waals surface area contributed by atoms with E-state index in [1.165, 1.54) is 17.8 Å². The van der Waals surface area contributed by atoms with E-state index in [4.69, 9.17) is 4.98 Å². The molecule has 0 spiro atoms. The van der Waals surface area contributed by atoms with Crippen molar-refractivity contribution in [3.05, 3.63) is 39.1 Å². The molecule has 1 saturated heterocycles. The van der Waals surface area contributed by atoms with Gasteiger partial charge in [0.2, 0.25) is 0 Å². The second-order valence-corrected chi connectivity index (χ2v) is 6.83. The smallest absolute Gasteiger partial charge is 0.316 e. The highest BCUT2D eigenvalue weighted by atomic mass is 32.1. The highest BCUT2D eigenvalue weighted by molar-refractivity contribution is 7.09. The van der Waals surface area contributed by atoms with Crippen molar-refractivity contribution in [2.24, 2.45) is 5.92 Å². The number of hydrogen-bond donors (Lipinski definition) is 3. The summed E-state index contributed by atoms with van der Waals surface area (Å²) in [5, 5.41) is 6.76. The molecule has 0 amide bonds. The predicted octanol–water partition coefficient (Wildman–Crippen LogP) is 2.52. The third-order valence-corrected chi connectivity index (χ3v) is 5.10. The summed E-state index contributed by atoms with van der Waals surface area (Å²) >= 11 is 1.73. The maximum atomic E-state index is 11.3. The lowest BCUT2D eigenvalue weighted by molar-refractivity contribution is 0.376. The number of aromatic amines is 2. The number of piperidine rings is 1. The Bertz CT molecular complexity index is 841. The molecular formula is C16H18N4OS. The van der Waals surface area contributed by atoms with E-state index in [1.54, 1.807) is 11.3 Å². The fraction of sp³-hybridized carbons (Fsp3) is 0.375. The van der Waals surface area contributed by atoms with Crippen LogP contribution in [-0.2, 0) is 6.42 Å². The van der Waals surface area contributed by atoms with E-state index in [0.29, 0.717) is 5.92 Å². The Morgan fingerprint density at radius 1 is 1.27 bits per heavy atom. The second-order valence-electron chi connectivity index (χ2n) is 5.88. The van der Waals surface area contributed by atoms with Crippen molar-refractivity contribution in [2.75, 3.05) is 13.1 Å². The maximum absolute atomic E-state index is 11.3. The molecule has 5 nitrogen and oxygen atoms in total. The SMILES string of the molecule is O=c1[nH]c2ccc(-c3csc(CC4CCCNC4)n3)cc2[nH]1. The van der Waals surface area contributed by atoms with Gasteiger partial charge in [-0.25, -0.2) is 9.78 Å². The number of fused-ring (bicyclic) bond motifs is 1. The van der Waals surface area contributed by atoms with Crippen LogP contribution < -0.4 is 11.0 Å². The van der Waals surface area contributed by atoms with Gasteiger partial charge in [0, 0.05) is 17.4 Å². The lowest BCUT2D eigenvalue weighted by Crippen LogP contribution is -2.30. The highest BCUT2D eigenvalue weighted by Gasteiger charge is 2.15. The Kier molecular flexibility index (Phi) is 3.56. The molecule has 3 aromatic rings. The van der Waals surface area contributed by atoms with Crippen molar-refractivity contribution in [1.82, 2.24) is 20.3 Å². The number of benzene rings is 1.